The van der Waals surface area contributed by atoms with Gasteiger partial charge in [-0.25, -0.2) is 8.42 Å². The maximum atomic E-state index is 14.4. The molecule has 0 amide bonds. The summed E-state index contributed by atoms with van der Waals surface area (Å²) in [6.07, 6.45) is 14.7. The fourth-order valence-corrected chi connectivity index (χ4v) is 10.8. The van der Waals surface area contributed by atoms with Gasteiger partial charge in [0, 0.05) is 23.9 Å². The molecule has 5 nitrogen and oxygen atoms in total. The molecule has 0 aromatic heterocycles. The second-order valence-electron chi connectivity index (χ2n) is 12.9. The van der Waals surface area contributed by atoms with E-state index in [-0.39, 0.29) is 35.3 Å². The number of fused-ring (bicyclic) bond motifs is 2. The van der Waals surface area contributed by atoms with Crippen LogP contribution in [-0.4, -0.2) is 42.6 Å². The van der Waals surface area contributed by atoms with E-state index in [0.29, 0.717) is 18.3 Å². The van der Waals surface area contributed by atoms with Crippen LogP contribution >= 0.6 is 0 Å². The van der Waals surface area contributed by atoms with E-state index in [1.54, 1.807) is 0 Å². The topological polar surface area (TPSA) is 63.7 Å². The molecule has 0 saturated heterocycles. The number of sulfonamides is 1. The maximum Gasteiger partial charge on any atom is 0.306 e. The van der Waals surface area contributed by atoms with Crippen LogP contribution in [0.1, 0.15) is 124 Å². The van der Waals surface area contributed by atoms with Crippen molar-refractivity contribution in [2.75, 3.05) is 5.75 Å². The first-order valence-corrected chi connectivity index (χ1v) is 15.9. The lowest BCUT2D eigenvalue weighted by molar-refractivity contribution is -0.157. The van der Waals surface area contributed by atoms with Crippen molar-refractivity contribution >= 4 is 16.0 Å². The smallest absolute Gasteiger partial charge is 0.306 e. The van der Waals surface area contributed by atoms with Crippen molar-refractivity contribution < 1.29 is 17.9 Å². The van der Waals surface area contributed by atoms with E-state index in [0.717, 1.165) is 77.0 Å². The SMILES string of the molecule is CC(C)CCC(=O)O[C@@H]1C[C@H]2CC[C@]1(CS(=O)(=O)N(C1CCCCC1)C1CCCCC1)C2(C)C. The Morgan fingerprint density at radius 1 is 0.941 bits per heavy atom. The summed E-state index contributed by atoms with van der Waals surface area (Å²) < 4.78 is 36.9. The van der Waals surface area contributed by atoms with Crippen LogP contribution in [-0.2, 0) is 19.6 Å². The van der Waals surface area contributed by atoms with Crippen LogP contribution in [0.15, 0.2) is 0 Å². The van der Waals surface area contributed by atoms with Gasteiger partial charge in [0.15, 0.2) is 0 Å². The summed E-state index contributed by atoms with van der Waals surface area (Å²) in [5, 5.41) is 0. The third-order valence-corrected chi connectivity index (χ3v) is 12.3. The monoisotopic (exact) mass is 495 g/mol. The first-order valence-electron chi connectivity index (χ1n) is 14.3. The van der Waals surface area contributed by atoms with E-state index < -0.39 is 15.4 Å². The van der Waals surface area contributed by atoms with Gasteiger partial charge >= 0.3 is 5.97 Å². The summed E-state index contributed by atoms with van der Waals surface area (Å²) in [4.78, 5) is 12.7. The molecular weight excluding hydrogens is 446 g/mol. The standard InChI is InChI=1S/C28H49NO4S/c1-21(2)15-16-26(30)33-25-19-22-17-18-28(25,27(22,3)4)20-34(31,32)29(23-11-7-5-8-12-23)24-13-9-6-10-14-24/h21-25H,5-20H2,1-4H3/t22-,25-,28-/m1/s1. The quantitative estimate of drug-likeness (QED) is 0.344. The molecule has 0 radical (unpaired) electrons. The molecule has 3 atom stereocenters. The predicted octanol–water partition coefficient (Wildman–Crippen LogP) is 6.46. The number of carbonyl (C=O) groups excluding carboxylic acids is 1. The number of hydrogen-bond donors (Lipinski definition) is 0. The molecule has 4 aliphatic rings. The zero-order valence-corrected chi connectivity index (χ0v) is 23.0. The molecule has 4 fully saturated rings. The molecule has 0 aromatic rings. The number of carbonyl (C=O) groups is 1. The first-order chi connectivity index (χ1) is 16.1. The normalized spacial score (nSPS) is 32.5. The van der Waals surface area contributed by atoms with Crippen molar-refractivity contribution in [2.45, 2.75) is 142 Å². The number of hydrogen-bond acceptors (Lipinski definition) is 4. The Bertz CT molecular complexity index is 792. The zero-order chi connectivity index (χ0) is 24.6. The van der Waals surface area contributed by atoms with Crippen LogP contribution < -0.4 is 0 Å². The minimum atomic E-state index is -3.47. The summed E-state index contributed by atoms with van der Waals surface area (Å²) in [5.41, 5.74) is -0.598. The number of ether oxygens (including phenoxy) is 1. The average Bonchev–Trinajstić information content (AvgIpc) is 3.14. The second kappa shape index (κ2) is 10.4. The van der Waals surface area contributed by atoms with E-state index in [4.69, 9.17) is 4.74 Å². The van der Waals surface area contributed by atoms with E-state index in [2.05, 4.69) is 27.7 Å². The Kier molecular flexibility index (Phi) is 8.09. The molecule has 0 aliphatic heterocycles. The lowest BCUT2D eigenvalue weighted by Crippen LogP contribution is -2.54. The largest absolute Gasteiger partial charge is 0.462 e. The molecule has 2 bridgehead atoms. The lowest BCUT2D eigenvalue weighted by atomic mass is 9.69. The van der Waals surface area contributed by atoms with Crippen LogP contribution in [0.5, 0.6) is 0 Å². The third kappa shape index (κ3) is 5.10. The van der Waals surface area contributed by atoms with Gasteiger partial charge in [0.05, 0.1) is 5.75 Å². The number of rotatable bonds is 9. The van der Waals surface area contributed by atoms with Crippen molar-refractivity contribution in [3.05, 3.63) is 0 Å². The molecule has 0 unspecified atom stereocenters. The molecule has 0 N–H and O–H groups in total. The molecular formula is C28H49NO4S. The molecule has 0 heterocycles. The van der Waals surface area contributed by atoms with Gasteiger partial charge in [0.1, 0.15) is 6.10 Å². The number of esters is 1. The van der Waals surface area contributed by atoms with E-state index in [1.165, 1.54) is 12.8 Å². The van der Waals surface area contributed by atoms with Crippen LogP contribution in [0.4, 0.5) is 0 Å². The summed E-state index contributed by atoms with van der Waals surface area (Å²) in [6.45, 7) is 8.72. The second-order valence-corrected chi connectivity index (χ2v) is 14.8. The highest BCUT2D eigenvalue weighted by Gasteiger charge is 2.67. The third-order valence-electron chi connectivity index (χ3n) is 10.2. The van der Waals surface area contributed by atoms with Crippen LogP contribution in [0.2, 0.25) is 0 Å². The number of nitrogens with zero attached hydrogens (tertiary/aromatic N) is 1. The summed E-state index contributed by atoms with van der Waals surface area (Å²) in [5.74, 6) is 0.898. The van der Waals surface area contributed by atoms with Crippen LogP contribution in [0, 0.1) is 22.7 Å². The van der Waals surface area contributed by atoms with Gasteiger partial charge in [-0.15, -0.1) is 0 Å². The van der Waals surface area contributed by atoms with Crippen molar-refractivity contribution in [1.29, 1.82) is 0 Å². The van der Waals surface area contributed by atoms with Gasteiger partial charge in [0.25, 0.3) is 0 Å². The van der Waals surface area contributed by atoms with Gasteiger partial charge in [-0.2, -0.15) is 4.31 Å². The molecule has 196 valence electrons. The Morgan fingerprint density at radius 3 is 2.00 bits per heavy atom. The van der Waals surface area contributed by atoms with Crippen LogP contribution in [0.3, 0.4) is 0 Å². The van der Waals surface area contributed by atoms with Crippen molar-refractivity contribution in [3.63, 3.8) is 0 Å². The van der Waals surface area contributed by atoms with E-state index in [9.17, 15) is 13.2 Å². The van der Waals surface area contributed by atoms with Gasteiger partial charge in [-0.3, -0.25) is 4.79 Å². The first kappa shape index (κ1) is 26.4. The summed E-state index contributed by atoms with van der Waals surface area (Å²) in [7, 11) is -3.47. The highest BCUT2D eigenvalue weighted by atomic mass is 32.2. The fourth-order valence-electron chi connectivity index (χ4n) is 7.95. The Hall–Kier alpha value is -0.620. The zero-order valence-electron chi connectivity index (χ0n) is 22.2. The molecule has 34 heavy (non-hydrogen) atoms. The van der Waals surface area contributed by atoms with Crippen LogP contribution in [0.25, 0.3) is 0 Å². The molecule has 0 aromatic carbocycles. The predicted molar refractivity (Wildman–Crippen MR) is 137 cm³/mol. The fraction of sp³-hybridized carbons (Fsp3) is 0.964. The average molecular weight is 496 g/mol. The molecule has 4 aliphatic carbocycles. The van der Waals surface area contributed by atoms with Crippen molar-refractivity contribution in [2.24, 2.45) is 22.7 Å². The highest BCUT2D eigenvalue weighted by molar-refractivity contribution is 7.89. The Morgan fingerprint density at radius 2 is 1.50 bits per heavy atom. The molecule has 4 rings (SSSR count). The van der Waals surface area contributed by atoms with Crippen molar-refractivity contribution in [3.8, 4) is 0 Å². The maximum absolute atomic E-state index is 14.4. The lowest BCUT2D eigenvalue weighted by Gasteiger charge is -2.46. The van der Waals surface area contributed by atoms with Gasteiger partial charge in [-0.1, -0.05) is 66.2 Å². The van der Waals surface area contributed by atoms with Gasteiger partial charge in [-0.05, 0) is 68.6 Å². The van der Waals surface area contributed by atoms with Gasteiger partial charge in [0.2, 0.25) is 10.0 Å². The summed E-state index contributed by atoms with van der Waals surface area (Å²) >= 11 is 0. The van der Waals surface area contributed by atoms with Gasteiger partial charge < -0.3 is 4.74 Å². The molecule has 0 spiro atoms. The van der Waals surface area contributed by atoms with E-state index >= 15 is 0 Å². The minimum absolute atomic E-state index is 0.131. The molecule has 6 heteroatoms. The van der Waals surface area contributed by atoms with E-state index in [1.807, 2.05) is 4.31 Å². The highest BCUT2D eigenvalue weighted by Crippen LogP contribution is 2.67. The van der Waals surface area contributed by atoms with Crippen molar-refractivity contribution in [1.82, 2.24) is 4.31 Å². The Balaban J connectivity index is 1.59. The molecule has 4 saturated carbocycles. The summed E-state index contributed by atoms with van der Waals surface area (Å²) in [6, 6.07) is 0.319. The minimum Gasteiger partial charge on any atom is -0.462 e. The Labute approximate surface area is 208 Å².